The van der Waals surface area contributed by atoms with E-state index in [1.165, 1.54) is 9.80 Å². The highest BCUT2D eigenvalue weighted by atomic mass is 16.2. The Morgan fingerprint density at radius 2 is 1.92 bits per heavy atom. The summed E-state index contributed by atoms with van der Waals surface area (Å²) in [5.74, 6) is -0.496. The van der Waals surface area contributed by atoms with Gasteiger partial charge in [-0.25, -0.2) is 4.98 Å². The van der Waals surface area contributed by atoms with Gasteiger partial charge in [0.15, 0.2) is 0 Å². The number of nitrogens with one attached hydrogen (secondary N) is 2. The van der Waals surface area contributed by atoms with Crippen molar-refractivity contribution in [3.05, 3.63) is 30.1 Å². The number of amides is 3. The van der Waals surface area contributed by atoms with E-state index in [0.717, 1.165) is 29.7 Å². The fraction of sp³-hybridized carbons (Fsp3) is 0.444. The average Bonchev–Trinajstić information content (AvgIpc) is 3.06. The molecule has 1 aliphatic rings. The van der Waals surface area contributed by atoms with E-state index in [1.54, 1.807) is 0 Å². The molecule has 1 aromatic carbocycles. The maximum atomic E-state index is 12.0. The first-order chi connectivity index (χ1) is 12.6. The molecule has 0 saturated carbocycles. The maximum Gasteiger partial charge on any atom is 0.312 e. The lowest BCUT2D eigenvalue weighted by atomic mass is 10.2. The van der Waals surface area contributed by atoms with Crippen LogP contribution >= 0.6 is 0 Å². The number of hydrogen-bond donors (Lipinski definition) is 2. The molecule has 0 radical (unpaired) electrons. The first kappa shape index (κ1) is 17.9. The molecule has 3 rings (SSSR count). The largest absolute Gasteiger partial charge is 0.355 e. The fourth-order valence-electron chi connectivity index (χ4n) is 3.00. The number of carbonyl (C=O) groups excluding carboxylic acids is 3. The molecule has 138 valence electrons. The third-order valence-corrected chi connectivity index (χ3v) is 4.46. The Morgan fingerprint density at radius 3 is 2.69 bits per heavy atom. The summed E-state index contributed by atoms with van der Waals surface area (Å²) in [7, 11) is 0. The van der Waals surface area contributed by atoms with Crippen molar-refractivity contribution in [3.63, 3.8) is 0 Å². The number of hydrogen-bond acceptors (Lipinski definition) is 4. The topological polar surface area (TPSA) is 98.4 Å². The van der Waals surface area contributed by atoms with Gasteiger partial charge in [0.25, 0.3) is 0 Å². The van der Waals surface area contributed by atoms with E-state index in [-0.39, 0.29) is 12.5 Å². The minimum Gasteiger partial charge on any atom is -0.355 e. The van der Waals surface area contributed by atoms with Crippen molar-refractivity contribution >= 4 is 28.8 Å². The van der Waals surface area contributed by atoms with Crippen LogP contribution in [0.25, 0.3) is 11.0 Å². The Bertz CT molecular complexity index is 783. The number of benzene rings is 1. The van der Waals surface area contributed by atoms with Crippen molar-refractivity contribution in [3.8, 4) is 0 Å². The number of rotatable bonds is 7. The predicted molar refractivity (Wildman–Crippen MR) is 96.3 cm³/mol. The number of aromatic nitrogens is 2. The highest BCUT2D eigenvalue weighted by Crippen LogP contribution is 2.11. The highest BCUT2D eigenvalue weighted by Gasteiger charge is 2.32. The molecule has 2 heterocycles. The zero-order valence-corrected chi connectivity index (χ0v) is 14.8. The molecule has 0 aliphatic carbocycles. The number of carbonyl (C=O) groups is 3. The summed E-state index contributed by atoms with van der Waals surface area (Å²) in [4.78, 5) is 46.4. The zero-order valence-electron chi connectivity index (χ0n) is 14.8. The van der Waals surface area contributed by atoms with Crippen LogP contribution in [0.5, 0.6) is 0 Å². The summed E-state index contributed by atoms with van der Waals surface area (Å²) in [6.45, 7) is 3.62. The summed E-state index contributed by atoms with van der Waals surface area (Å²) in [5.41, 5.74) is 1.93. The van der Waals surface area contributed by atoms with Gasteiger partial charge in [-0.15, -0.1) is 0 Å². The minimum atomic E-state index is -0.601. The smallest absolute Gasteiger partial charge is 0.312 e. The minimum absolute atomic E-state index is 0.0766. The van der Waals surface area contributed by atoms with Crippen LogP contribution in [0.1, 0.15) is 19.2 Å². The van der Waals surface area contributed by atoms with E-state index >= 15 is 0 Å². The van der Waals surface area contributed by atoms with E-state index in [0.29, 0.717) is 26.2 Å². The van der Waals surface area contributed by atoms with Gasteiger partial charge in [-0.2, -0.15) is 0 Å². The predicted octanol–water partition coefficient (Wildman–Crippen LogP) is 0.302. The molecule has 0 spiro atoms. The Kier molecular flexibility index (Phi) is 5.50. The molecule has 8 nitrogen and oxygen atoms in total. The van der Waals surface area contributed by atoms with Crippen LogP contribution < -0.4 is 5.32 Å². The lowest BCUT2D eigenvalue weighted by Crippen LogP contribution is -2.56. The third kappa shape index (κ3) is 4.01. The number of likely N-dealkylation sites (N-methyl/N-ethyl adjacent to an activating group) is 1. The Hall–Kier alpha value is -2.90. The number of H-pyrrole nitrogens is 1. The number of para-hydroxylation sites is 2. The van der Waals surface area contributed by atoms with E-state index in [9.17, 15) is 14.4 Å². The number of imidazole rings is 1. The average molecular weight is 357 g/mol. The summed E-state index contributed by atoms with van der Waals surface area (Å²) in [6.07, 6.45) is 1.46. The molecule has 0 atom stereocenters. The maximum absolute atomic E-state index is 12.0. The van der Waals surface area contributed by atoms with E-state index in [1.807, 2.05) is 31.2 Å². The van der Waals surface area contributed by atoms with Gasteiger partial charge in [-0.05, 0) is 25.5 Å². The van der Waals surface area contributed by atoms with Crippen molar-refractivity contribution in [1.82, 2.24) is 25.1 Å². The van der Waals surface area contributed by atoms with E-state index < -0.39 is 11.8 Å². The first-order valence-electron chi connectivity index (χ1n) is 8.87. The van der Waals surface area contributed by atoms with Gasteiger partial charge in [-0.1, -0.05) is 12.1 Å². The van der Waals surface area contributed by atoms with Crippen LogP contribution in [0.2, 0.25) is 0 Å². The standard InChI is InChI=1S/C18H23N5O3/c1-2-22-10-11-23(18(26)17(22)25)12-16(24)19-9-5-8-15-20-13-6-3-4-7-14(13)21-15/h3-4,6-7H,2,5,8-12H2,1H3,(H,19,24)(H,20,21). The summed E-state index contributed by atoms with van der Waals surface area (Å²) in [6, 6.07) is 7.83. The van der Waals surface area contributed by atoms with Gasteiger partial charge in [0.1, 0.15) is 12.4 Å². The van der Waals surface area contributed by atoms with Crippen LogP contribution in [0.15, 0.2) is 24.3 Å². The van der Waals surface area contributed by atoms with Crippen LogP contribution in [0, 0.1) is 0 Å². The Labute approximate surface area is 151 Å². The molecule has 2 N–H and O–H groups in total. The van der Waals surface area contributed by atoms with Gasteiger partial charge >= 0.3 is 11.8 Å². The summed E-state index contributed by atoms with van der Waals surface area (Å²) >= 11 is 0. The molecule has 0 unspecified atom stereocenters. The second-order valence-corrected chi connectivity index (χ2v) is 6.27. The van der Waals surface area contributed by atoms with Gasteiger partial charge < -0.3 is 20.1 Å². The molecule has 1 fully saturated rings. The van der Waals surface area contributed by atoms with Crippen LogP contribution in [-0.2, 0) is 20.8 Å². The van der Waals surface area contributed by atoms with E-state index in [2.05, 4.69) is 15.3 Å². The van der Waals surface area contributed by atoms with Crippen LogP contribution in [0.3, 0.4) is 0 Å². The molecule has 0 bridgehead atoms. The second-order valence-electron chi connectivity index (χ2n) is 6.27. The number of piperazine rings is 1. The third-order valence-electron chi connectivity index (χ3n) is 4.46. The normalized spacial score (nSPS) is 15.0. The van der Waals surface area contributed by atoms with Gasteiger partial charge in [0.05, 0.1) is 11.0 Å². The number of nitrogens with zero attached hydrogens (tertiary/aromatic N) is 3. The zero-order chi connectivity index (χ0) is 18.5. The van der Waals surface area contributed by atoms with Gasteiger partial charge in [-0.3, -0.25) is 14.4 Å². The molecule has 26 heavy (non-hydrogen) atoms. The van der Waals surface area contributed by atoms with Crippen molar-refractivity contribution in [2.75, 3.05) is 32.7 Å². The molecule has 8 heteroatoms. The lowest BCUT2D eigenvalue weighted by Gasteiger charge is -2.32. The molecule has 1 aromatic heterocycles. The Balaban J connectivity index is 1.40. The quantitative estimate of drug-likeness (QED) is 0.550. The second kappa shape index (κ2) is 7.99. The highest BCUT2D eigenvalue weighted by molar-refractivity contribution is 6.35. The molecular formula is C18H23N5O3. The van der Waals surface area contributed by atoms with E-state index in [4.69, 9.17) is 0 Å². The monoisotopic (exact) mass is 357 g/mol. The van der Waals surface area contributed by atoms with Crippen molar-refractivity contribution in [1.29, 1.82) is 0 Å². The first-order valence-corrected chi connectivity index (χ1v) is 8.87. The van der Waals surface area contributed by atoms with Crippen LogP contribution in [-0.4, -0.2) is 70.2 Å². The van der Waals surface area contributed by atoms with Gasteiger partial charge in [0.2, 0.25) is 5.91 Å². The van der Waals surface area contributed by atoms with Crippen molar-refractivity contribution < 1.29 is 14.4 Å². The molecule has 1 aliphatic heterocycles. The molecule has 1 saturated heterocycles. The van der Waals surface area contributed by atoms with Crippen molar-refractivity contribution in [2.45, 2.75) is 19.8 Å². The molecular weight excluding hydrogens is 334 g/mol. The van der Waals surface area contributed by atoms with Crippen molar-refractivity contribution in [2.24, 2.45) is 0 Å². The summed E-state index contributed by atoms with van der Waals surface area (Å²) in [5, 5.41) is 2.80. The van der Waals surface area contributed by atoms with Gasteiger partial charge in [0, 0.05) is 32.6 Å². The molecule has 2 aromatic rings. The fourth-order valence-corrected chi connectivity index (χ4v) is 3.00. The Morgan fingerprint density at radius 1 is 1.19 bits per heavy atom. The lowest BCUT2D eigenvalue weighted by molar-refractivity contribution is -0.156. The SMILES string of the molecule is CCN1CCN(CC(=O)NCCCc2nc3ccccc3[nH]2)C(=O)C1=O. The number of fused-ring (bicyclic) bond motifs is 1. The molecule has 3 amide bonds. The number of aryl methyl sites for hydroxylation is 1. The number of aromatic amines is 1. The summed E-state index contributed by atoms with van der Waals surface area (Å²) < 4.78 is 0. The van der Waals surface area contributed by atoms with Crippen LogP contribution in [0.4, 0.5) is 0 Å².